The predicted octanol–water partition coefficient (Wildman–Crippen LogP) is 6.10. The normalized spacial score (nSPS) is 16.1. The van der Waals surface area contributed by atoms with Crippen LogP contribution in [-0.2, 0) is 4.79 Å². The molecule has 25 heavy (non-hydrogen) atoms. The average Bonchev–Trinajstić information content (AvgIpc) is 2.86. The molecule has 128 valence electrons. The van der Waals surface area contributed by atoms with Gasteiger partial charge in [0.1, 0.15) is 4.32 Å². The van der Waals surface area contributed by atoms with Crippen LogP contribution in [0.5, 0.6) is 0 Å². The summed E-state index contributed by atoms with van der Waals surface area (Å²) in [5.41, 5.74) is 1.01. The first-order chi connectivity index (χ1) is 12.1. The Balaban J connectivity index is 1.87. The van der Waals surface area contributed by atoms with Crippen LogP contribution in [0.15, 0.2) is 63.2 Å². The van der Waals surface area contributed by atoms with E-state index in [1.54, 1.807) is 16.7 Å². The molecule has 1 fully saturated rings. The highest BCUT2D eigenvalue weighted by atomic mass is 35.5. The number of amides is 1. The molecule has 0 spiro atoms. The van der Waals surface area contributed by atoms with Crippen molar-refractivity contribution in [3.05, 3.63) is 64.0 Å². The Bertz CT molecular complexity index is 833. The third kappa shape index (κ3) is 4.47. The molecule has 1 aliphatic rings. The number of hydrogen-bond acceptors (Lipinski definition) is 4. The Kier molecular flexibility index (Phi) is 6.23. The number of rotatable bonds is 5. The maximum Gasteiger partial charge on any atom is 0.266 e. The van der Waals surface area contributed by atoms with E-state index in [1.165, 1.54) is 11.8 Å². The van der Waals surface area contributed by atoms with E-state index in [-0.39, 0.29) is 5.91 Å². The van der Waals surface area contributed by atoms with Crippen LogP contribution in [0.2, 0.25) is 5.02 Å². The van der Waals surface area contributed by atoms with Crippen LogP contribution < -0.4 is 0 Å². The number of hydrogen-bond donors (Lipinski definition) is 0. The molecule has 0 radical (unpaired) electrons. The summed E-state index contributed by atoms with van der Waals surface area (Å²) in [5.74, 6) is 0.00291. The lowest BCUT2D eigenvalue weighted by atomic mass is 10.2. The summed E-state index contributed by atoms with van der Waals surface area (Å²) in [4.78, 5) is 17.1. The maximum absolute atomic E-state index is 12.5. The highest BCUT2D eigenvalue weighted by Crippen LogP contribution is 2.36. The van der Waals surface area contributed by atoms with Crippen LogP contribution >= 0.6 is 47.3 Å². The lowest BCUT2D eigenvalue weighted by Gasteiger charge is -2.12. The zero-order valence-corrected chi connectivity index (χ0v) is 16.8. The van der Waals surface area contributed by atoms with E-state index in [0.717, 1.165) is 26.8 Å². The smallest absolute Gasteiger partial charge is 0.266 e. The molecule has 2 aromatic rings. The van der Waals surface area contributed by atoms with E-state index < -0.39 is 0 Å². The van der Waals surface area contributed by atoms with Crippen molar-refractivity contribution < 1.29 is 4.79 Å². The van der Waals surface area contributed by atoms with Gasteiger partial charge in [0.25, 0.3) is 5.91 Å². The van der Waals surface area contributed by atoms with Crippen LogP contribution in [-0.4, -0.2) is 21.7 Å². The molecule has 0 saturated carbocycles. The van der Waals surface area contributed by atoms with E-state index in [4.69, 9.17) is 23.8 Å². The lowest BCUT2D eigenvalue weighted by Crippen LogP contribution is -2.28. The van der Waals surface area contributed by atoms with Gasteiger partial charge in [0.2, 0.25) is 0 Å². The molecule has 0 unspecified atom stereocenters. The molecular weight excluding hydrogens is 390 g/mol. The molecular formula is C19H16ClNOS3. The lowest BCUT2D eigenvalue weighted by molar-refractivity contribution is -0.122. The van der Waals surface area contributed by atoms with Crippen LogP contribution in [0.1, 0.15) is 18.9 Å². The molecule has 1 saturated heterocycles. The molecule has 2 aromatic carbocycles. The van der Waals surface area contributed by atoms with Crippen molar-refractivity contribution in [2.75, 3.05) is 6.54 Å². The third-order valence-electron chi connectivity index (χ3n) is 3.57. The molecule has 3 rings (SSSR count). The minimum Gasteiger partial charge on any atom is -0.293 e. The number of benzene rings is 2. The minimum atomic E-state index is 0.00291. The highest BCUT2D eigenvalue weighted by Gasteiger charge is 2.31. The second kappa shape index (κ2) is 8.41. The number of carbonyl (C=O) groups excluding carboxylic acids is 1. The van der Waals surface area contributed by atoms with Gasteiger partial charge < -0.3 is 0 Å². The SMILES string of the molecule is CCCN1C(=O)/C(=C\c2ccccc2Sc2ccc(Cl)cc2)SC1=S. The average molecular weight is 406 g/mol. The Morgan fingerprint density at radius 2 is 1.92 bits per heavy atom. The molecule has 2 nitrogen and oxygen atoms in total. The van der Waals surface area contributed by atoms with Crippen molar-refractivity contribution in [2.45, 2.75) is 23.1 Å². The minimum absolute atomic E-state index is 0.00291. The van der Waals surface area contributed by atoms with Gasteiger partial charge in [-0.15, -0.1) is 0 Å². The third-order valence-corrected chi connectivity index (χ3v) is 6.30. The van der Waals surface area contributed by atoms with Gasteiger partial charge in [-0.1, -0.05) is 72.5 Å². The van der Waals surface area contributed by atoms with E-state index in [0.29, 0.717) is 15.8 Å². The molecule has 1 heterocycles. The quantitative estimate of drug-likeness (QED) is 0.442. The van der Waals surface area contributed by atoms with E-state index in [1.807, 2.05) is 55.5 Å². The Labute approximate surface area is 166 Å². The monoisotopic (exact) mass is 405 g/mol. The van der Waals surface area contributed by atoms with Gasteiger partial charge in [-0.25, -0.2) is 0 Å². The van der Waals surface area contributed by atoms with Gasteiger partial charge in [0, 0.05) is 21.4 Å². The van der Waals surface area contributed by atoms with Crippen molar-refractivity contribution in [1.29, 1.82) is 0 Å². The first kappa shape index (κ1) is 18.5. The molecule has 0 N–H and O–H groups in total. The van der Waals surface area contributed by atoms with E-state index in [9.17, 15) is 4.79 Å². The zero-order valence-electron chi connectivity index (χ0n) is 13.6. The Morgan fingerprint density at radius 1 is 1.20 bits per heavy atom. The van der Waals surface area contributed by atoms with Crippen molar-refractivity contribution in [2.24, 2.45) is 0 Å². The fourth-order valence-corrected chi connectivity index (χ4v) is 4.72. The first-order valence-electron chi connectivity index (χ1n) is 7.86. The van der Waals surface area contributed by atoms with Gasteiger partial charge in [0.15, 0.2) is 0 Å². The van der Waals surface area contributed by atoms with Crippen molar-refractivity contribution in [3.8, 4) is 0 Å². The van der Waals surface area contributed by atoms with Gasteiger partial charge in [0.05, 0.1) is 4.91 Å². The number of nitrogens with zero attached hydrogens (tertiary/aromatic N) is 1. The standard InChI is InChI=1S/C19H16ClNOS3/c1-2-11-21-18(22)17(25-19(21)23)12-13-5-3-4-6-16(13)24-15-9-7-14(20)8-10-15/h3-10,12H,2,11H2,1H3/b17-12+. The Morgan fingerprint density at radius 3 is 2.64 bits per heavy atom. The highest BCUT2D eigenvalue weighted by molar-refractivity contribution is 8.26. The maximum atomic E-state index is 12.5. The molecule has 1 amide bonds. The van der Waals surface area contributed by atoms with Crippen molar-refractivity contribution in [1.82, 2.24) is 4.90 Å². The van der Waals surface area contributed by atoms with E-state index in [2.05, 4.69) is 6.07 Å². The Hall–Kier alpha value is -1.27. The molecule has 0 bridgehead atoms. The van der Waals surface area contributed by atoms with Crippen molar-refractivity contribution >= 4 is 63.6 Å². The van der Waals surface area contributed by atoms with Crippen LogP contribution in [0.25, 0.3) is 6.08 Å². The summed E-state index contributed by atoms with van der Waals surface area (Å²) in [6, 6.07) is 15.8. The summed E-state index contributed by atoms with van der Waals surface area (Å²) >= 11 is 14.3. The fraction of sp³-hybridized carbons (Fsp3) is 0.158. The number of thioether (sulfide) groups is 1. The molecule has 6 heteroatoms. The van der Waals surface area contributed by atoms with Gasteiger partial charge in [-0.3, -0.25) is 9.69 Å². The molecule has 0 aliphatic carbocycles. The van der Waals surface area contributed by atoms with Gasteiger partial charge in [-0.2, -0.15) is 0 Å². The van der Waals surface area contributed by atoms with Gasteiger partial charge >= 0.3 is 0 Å². The summed E-state index contributed by atoms with van der Waals surface area (Å²) in [6.45, 7) is 2.71. The summed E-state index contributed by atoms with van der Waals surface area (Å²) in [5, 5.41) is 0.720. The van der Waals surface area contributed by atoms with Crippen LogP contribution in [0, 0.1) is 0 Å². The second-order valence-electron chi connectivity index (χ2n) is 5.43. The summed E-state index contributed by atoms with van der Waals surface area (Å²) < 4.78 is 0.640. The number of halogens is 1. The molecule has 0 atom stereocenters. The van der Waals surface area contributed by atoms with Crippen LogP contribution in [0.4, 0.5) is 0 Å². The fourth-order valence-electron chi connectivity index (χ4n) is 2.38. The first-order valence-corrected chi connectivity index (χ1v) is 10.3. The summed E-state index contributed by atoms with van der Waals surface area (Å²) in [7, 11) is 0. The number of carbonyl (C=O) groups is 1. The van der Waals surface area contributed by atoms with Gasteiger partial charge in [-0.05, 0) is 48.4 Å². The second-order valence-corrected chi connectivity index (χ2v) is 8.65. The molecule has 1 aliphatic heterocycles. The summed E-state index contributed by atoms with van der Waals surface area (Å²) in [6.07, 6.45) is 2.83. The predicted molar refractivity (Wildman–Crippen MR) is 112 cm³/mol. The van der Waals surface area contributed by atoms with Crippen LogP contribution in [0.3, 0.4) is 0 Å². The van der Waals surface area contributed by atoms with Crippen molar-refractivity contribution in [3.63, 3.8) is 0 Å². The van der Waals surface area contributed by atoms with E-state index >= 15 is 0 Å². The number of thiocarbonyl (C=S) groups is 1. The topological polar surface area (TPSA) is 20.3 Å². The molecule has 0 aromatic heterocycles. The largest absolute Gasteiger partial charge is 0.293 e. The zero-order chi connectivity index (χ0) is 17.8.